The number of carbonyl (C=O) groups is 1. The maximum atomic E-state index is 11.1. The predicted octanol–water partition coefficient (Wildman–Crippen LogP) is -1.74. The molecule has 84 valence electrons. The van der Waals surface area contributed by atoms with E-state index in [1.54, 1.807) is 18.6 Å². The standard InChI is InChI=1S/C6H14N2O5S/c1-4(2)7-14(12,13)8-5(3-9)6(10)11/h4-5,7-9H,3H2,1-2H3,(H,10,11)/t5-/m0/s1. The van der Waals surface area contributed by atoms with Gasteiger partial charge in [-0.25, -0.2) is 0 Å². The highest BCUT2D eigenvalue weighted by atomic mass is 32.2. The molecule has 0 bridgehead atoms. The number of aliphatic carboxylic acids is 1. The Balaban J connectivity index is 4.41. The zero-order valence-electron chi connectivity index (χ0n) is 7.89. The smallest absolute Gasteiger partial charge is 0.324 e. The number of rotatable bonds is 6. The van der Waals surface area contributed by atoms with Gasteiger partial charge in [-0.3, -0.25) is 4.79 Å². The van der Waals surface area contributed by atoms with Crippen LogP contribution < -0.4 is 9.44 Å². The highest BCUT2D eigenvalue weighted by Gasteiger charge is 2.23. The van der Waals surface area contributed by atoms with Gasteiger partial charge >= 0.3 is 5.97 Å². The Hall–Kier alpha value is -0.700. The Morgan fingerprint density at radius 3 is 2.14 bits per heavy atom. The minimum absolute atomic E-state index is 0.347. The average molecular weight is 226 g/mol. The van der Waals surface area contributed by atoms with Gasteiger partial charge in [-0.15, -0.1) is 0 Å². The SMILES string of the molecule is CC(C)NS(=O)(=O)N[C@@H](CO)C(=O)O. The summed E-state index contributed by atoms with van der Waals surface area (Å²) in [5.41, 5.74) is 0. The second kappa shape index (κ2) is 5.25. The molecule has 0 aliphatic carbocycles. The summed E-state index contributed by atoms with van der Waals surface area (Å²) in [4.78, 5) is 10.4. The van der Waals surface area contributed by atoms with Crippen molar-refractivity contribution in [1.82, 2.24) is 9.44 Å². The van der Waals surface area contributed by atoms with Gasteiger partial charge in [0, 0.05) is 6.04 Å². The highest BCUT2D eigenvalue weighted by molar-refractivity contribution is 7.87. The molecule has 0 aromatic rings. The lowest BCUT2D eigenvalue weighted by atomic mass is 10.3. The molecule has 4 N–H and O–H groups in total. The summed E-state index contributed by atoms with van der Waals surface area (Å²) < 4.78 is 26.1. The zero-order chi connectivity index (χ0) is 11.4. The van der Waals surface area contributed by atoms with E-state index in [9.17, 15) is 13.2 Å². The van der Waals surface area contributed by atoms with E-state index in [2.05, 4.69) is 4.72 Å². The van der Waals surface area contributed by atoms with Crippen LogP contribution in [-0.4, -0.2) is 43.3 Å². The van der Waals surface area contributed by atoms with E-state index < -0.39 is 28.8 Å². The van der Waals surface area contributed by atoms with Crippen molar-refractivity contribution < 1.29 is 23.4 Å². The van der Waals surface area contributed by atoms with Gasteiger partial charge in [0.1, 0.15) is 6.04 Å². The van der Waals surface area contributed by atoms with Crippen molar-refractivity contribution in [1.29, 1.82) is 0 Å². The summed E-state index contributed by atoms with van der Waals surface area (Å²) in [5.74, 6) is -1.43. The lowest BCUT2D eigenvalue weighted by Gasteiger charge is -2.14. The molecule has 0 aromatic heterocycles. The molecule has 0 heterocycles. The van der Waals surface area contributed by atoms with Crippen molar-refractivity contribution >= 4 is 16.2 Å². The zero-order valence-corrected chi connectivity index (χ0v) is 8.71. The molecule has 0 fully saturated rings. The van der Waals surface area contributed by atoms with E-state index in [-0.39, 0.29) is 6.04 Å². The van der Waals surface area contributed by atoms with Crippen molar-refractivity contribution in [2.75, 3.05) is 6.61 Å². The van der Waals surface area contributed by atoms with Crippen LogP contribution in [0.1, 0.15) is 13.8 Å². The van der Waals surface area contributed by atoms with E-state index >= 15 is 0 Å². The van der Waals surface area contributed by atoms with Gasteiger partial charge in [0.15, 0.2) is 0 Å². The fourth-order valence-electron chi connectivity index (χ4n) is 0.697. The summed E-state index contributed by atoms with van der Waals surface area (Å²) >= 11 is 0. The number of aliphatic hydroxyl groups excluding tert-OH is 1. The summed E-state index contributed by atoms with van der Waals surface area (Å²) in [7, 11) is -3.88. The highest BCUT2D eigenvalue weighted by Crippen LogP contribution is 1.89. The van der Waals surface area contributed by atoms with Crippen molar-refractivity contribution in [3.63, 3.8) is 0 Å². The maximum absolute atomic E-state index is 11.1. The molecule has 0 aliphatic heterocycles. The van der Waals surface area contributed by atoms with Crippen LogP contribution in [0.25, 0.3) is 0 Å². The van der Waals surface area contributed by atoms with Crippen LogP contribution in [0.5, 0.6) is 0 Å². The van der Waals surface area contributed by atoms with Gasteiger partial charge in [0.05, 0.1) is 6.61 Å². The first-order chi connectivity index (χ1) is 6.28. The van der Waals surface area contributed by atoms with Gasteiger partial charge in [0.2, 0.25) is 0 Å². The molecule has 7 nitrogen and oxygen atoms in total. The van der Waals surface area contributed by atoms with E-state index in [4.69, 9.17) is 10.2 Å². The van der Waals surface area contributed by atoms with Gasteiger partial charge in [0.25, 0.3) is 10.2 Å². The van der Waals surface area contributed by atoms with E-state index in [1.807, 2.05) is 0 Å². The predicted molar refractivity (Wildman–Crippen MR) is 48.8 cm³/mol. The molecule has 1 atom stereocenters. The van der Waals surface area contributed by atoms with Crippen molar-refractivity contribution in [3.8, 4) is 0 Å². The molecule has 0 amide bonds. The Kier molecular flexibility index (Phi) is 4.99. The van der Waals surface area contributed by atoms with Gasteiger partial charge in [-0.05, 0) is 13.8 Å². The van der Waals surface area contributed by atoms with Crippen LogP contribution in [0.15, 0.2) is 0 Å². The van der Waals surface area contributed by atoms with Crippen LogP contribution >= 0.6 is 0 Å². The third-order valence-electron chi connectivity index (χ3n) is 1.17. The molecule has 0 spiro atoms. The molecule has 14 heavy (non-hydrogen) atoms. The van der Waals surface area contributed by atoms with Crippen LogP contribution in [0.2, 0.25) is 0 Å². The minimum atomic E-state index is -3.88. The van der Waals surface area contributed by atoms with Crippen molar-refractivity contribution in [2.45, 2.75) is 25.9 Å². The molecule has 0 saturated carbocycles. The molecule has 0 rings (SSSR count). The fraction of sp³-hybridized carbons (Fsp3) is 0.833. The molecule has 0 aliphatic rings. The van der Waals surface area contributed by atoms with Crippen LogP contribution in [-0.2, 0) is 15.0 Å². The van der Waals surface area contributed by atoms with Gasteiger partial charge < -0.3 is 10.2 Å². The summed E-state index contributed by atoms with van der Waals surface area (Å²) in [6.07, 6.45) is 0. The number of carboxylic acids is 1. The number of carboxylic acid groups (broad SMARTS) is 1. The first-order valence-corrected chi connectivity index (χ1v) is 5.40. The van der Waals surface area contributed by atoms with Crippen LogP contribution in [0.3, 0.4) is 0 Å². The Morgan fingerprint density at radius 2 is 1.86 bits per heavy atom. The van der Waals surface area contributed by atoms with Gasteiger partial charge in [-0.1, -0.05) is 0 Å². The molecular formula is C6H14N2O5S. The molecule has 8 heteroatoms. The summed E-state index contributed by atoms with van der Waals surface area (Å²) in [5, 5.41) is 17.0. The van der Waals surface area contributed by atoms with Crippen LogP contribution in [0.4, 0.5) is 0 Å². The summed E-state index contributed by atoms with van der Waals surface area (Å²) in [6, 6.07) is -1.87. The quantitative estimate of drug-likeness (QED) is 0.429. The lowest BCUT2D eigenvalue weighted by Crippen LogP contribution is -2.49. The largest absolute Gasteiger partial charge is 0.480 e. The van der Waals surface area contributed by atoms with E-state index in [0.717, 1.165) is 0 Å². The second-order valence-electron chi connectivity index (χ2n) is 2.97. The topological polar surface area (TPSA) is 116 Å². The molecule has 0 unspecified atom stereocenters. The fourth-order valence-corrected chi connectivity index (χ4v) is 1.94. The Labute approximate surface area is 82.3 Å². The van der Waals surface area contributed by atoms with Crippen molar-refractivity contribution in [2.24, 2.45) is 0 Å². The first-order valence-electron chi connectivity index (χ1n) is 3.91. The first kappa shape index (κ1) is 13.3. The number of nitrogens with one attached hydrogen (secondary N) is 2. The second-order valence-corrected chi connectivity index (χ2v) is 4.45. The minimum Gasteiger partial charge on any atom is -0.480 e. The summed E-state index contributed by atoms with van der Waals surface area (Å²) in [6.45, 7) is 2.39. The third-order valence-corrected chi connectivity index (χ3v) is 2.55. The van der Waals surface area contributed by atoms with E-state index in [0.29, 0.717) is 0 Å². The maximum Gasteiger partial charge on any atom is 0.324 e. The monoisotopic (exact) mass is 226 g/mol. The number of aliphatic hydroxyl groups is 1. The normalized spacial score (nSPS) is 14.3. The molecule has 0 saturated heterocycles. The number of hydrogen-bond donors (Lipinski definition) is 4. The lowest BCUT2D eigenvalue weighted by molar-refractivity contribution is -0.139. The van der Waals surface area contributed by atoms with Gasteiger partial charge in [-0.2, -0.15) is 17.9 Å². The Morgan fingerprint density at radius 1 is 1.36 bits per heavy atom. The van der Waals surface area contributed by atoms with Crippen LogP contribution in [0, 0.1) is 0 Å². The van der Waals surface area contributed by atoms with Crippen molar-refractivity contribution in [3.05, 3.63) is 0 Å². The Bertz CT molecular complexity index is 287. The molecular weight excluding hydrogens is 212 g/mol. The molecule has 0 aromatic carbocycles. The molecule has 0 radical (unpaired) electrons. The third kappa shape index (κ3) is 5.12. The average Bonchev–Trinajstić information content (AvgIpc) is 1.97. The number of hydrogen-bond acceptors (Lipinski definition) is 4. The van der Waals surface area contributed by atoms with E-state index in [1.165, 1.54) is 0 Å².